The zero-order valence-corrected chi connectivity index (χ0v) is 16.6. The van der Waals surface area contributed by atoms with Gasteiger partial charge >= 0.3 is 0 Å². The lowest BCUT2D eigenvalue weighted by Gasteiger charge is -2.25. The lowest BCUT2D eigenvalue weighted by molar-refractivity contribution is 0.0714. The summed E-state index contributed by atoms with van der Waals surface area (Å²) >= 11 is 0. The van der Waals surface area contributed by atoms with Gasteiger partial charge < -0.3 is 14.4 Å². The van der Waals surface area contributed by atoms with E-state index in [2.05, 4.69) is 0 Å². The molecule has 0 bridgehead atoms. The quantitative estimate of drug-likeness (QED) is 0.527. The average molecular weight is 415 g/mol. The van der Waals surface area contributed by atoms with Gasteiger partial charge in [0.05, 0.1) is 17.0 Å². The molecule has 0 saturated carbocycles. The molecule has 1 aliphatic rings. The van der Waals surface area contributed by atoms with Crippen LogP contribution >= 0.6 is 0 Å². The highest BCUT2D eigenvalue weighted by Crippen LogP contribution is 2.39. The topological polar surface area (TPSA) is 70.8 Å². The Balaban J connectivity index is 1.72. The highest BCUT2D eigenvalue weighted by molar-refractivity contribution is 5.99. The molecule has 1 atom stereocenters. The number of hydrogen-bond donors (Lipinski definition) is 1. The molecular formula is C25H18FNO4. The van der Waals surface area contributed by atoms with E-state index in [4.69, 9.17) is 4.42 Å². The maximum Gasteiger partial charge on any atom is 0.291 e. The molecular weight excluding hydrogens is 397 g/mol. The molecule has 0 saturated heterocycles. The van der Waals surface area contributed by atoms with Crippen molar-refractivity contribution in [1.82, 2.24) is 4.90 Å². The van der Waals surface area contributed by atoms with Gasteiger partial charge in [-0.2, -0.15) is 0 Å². The number of fused-ring (bicyclic) bond motifs is 2. The zero-order valence-electron chi connectivity index (χ0n) is 16.6. The molecule has 0 aliphatic carbocycles. The smallest absolute Gasteiger partial charge is 0.291 e. The van der Waals surface area contributed by atoms with E-state index < -0.39 is 11.9 Å². The summed E-state index contributed by atoms with van der Waals surface area (Å²) in [5.41, 5.74) is 2.68. The number of hydrogen-bond acceptors (Lipinski definition) is 4. The minimum absolute atomic E-state index is 0.0153. The number of phenolic OH excluding ortho intramolecular Hbond substituents is 1. The maximum absolute atomic E-state index is 13.5. The molecule has 0 radical (unpaired) electrons. The summed E-state index contributed by atoms with van der Waals surface area (Å²) in [4.78, 5) is 28.4. The fraction of sp³-hybridized carbons (Fsp3) is 0.120. The summed E-state index contributed by atoms with van der Waals surface area (Å²) in [6.07, 6.45) is 0. The minimum atomic E-state index is -0.686. The summed E-state index contributed by atoms with van der Waals surface area (Å²) in [5.74, 6) is -0.675. The highest BCUT2D eigenvalue weighted by atomic mass is 19.1. The van der Waals surface area contributed by atoms with Crippen LogP contribution in [0.25, 0.3) is 11.0 Å². The first-order chi connectivity index (χ1) is 14.9. The molecule has 5 nitrogen and oxygen atoms in total. The van der Waals surface area contributed by atoms with Crippen molar-refractivity contribution >= 4 is 16.9 Å². The minimum Gasteiger partial charge on any atom is -0.508 e. The second kappa shape index (κ2) is 7.09. The fourth-order valence-electron chi connectivity index (χ4n) is 4.09. The van der Waals surface area contributed by atoms with Crippen molar-refractivity contribution in [1.29, 1.82) is 0 Å². The zero-order chi connectivity index (χ0) is 21.7. The summed E-state index contributed by atoms with van der Waals surface area (Å²) in [7, 11) is 0. The van der Waals surface area contributed by atoms with Gasteiger partial charge in [0.2, 0.25) is 5.76 Å². The molecule has 0 spiro atoms. The predicted octanol–water partition coefficient (Wildman–Crippen LogP) is 4.69. The van der Waals surface area contributed by atoms with Crippen LogP contribution in [-0.2, 0) is 6.54 Å². The van der Waals surface area contributed by atoms with Crippen LogP contribution in [0.4, 0.5) is 4.39 Å². The molecule has 4 aromatic rings. The maximum atomic E-state index is 13.5. The molecule has 5 rings (SSSR count). The van der Waals surface area contributed by atoms with Gasteiger partial charge in [-0.3, -0.25) is 9.59 Å². The second-order valence-corrected chi connectivity index (χ2v) is 7.73. The number of carbonyl (C=O) groups is 1. The standard InChI is InChI=1S/C25H18FNO4/c1-14-2-11-20-19(12-14)23(29)21-22(16-5-9-18(28)10-6-16)27(25(30)24(21)31-20)13-15-3-7-17(26)8-4-15/h2-12,22,28H,13H2,1H3. The first-order valence-electron chi connectivity index (χ1n) is 9.84. The largest absolute Gasteiger partial charge is 0.508 e. The van der Waals surface area contributed by atoms with E-state index in [0.29, 0.717) is 16.5 Å². The first kappa shape index (κ1) is 19.1. The third-order valence-corrected chi connectivity index (χ3v) is 5.60. The van der Waals surface area contributed by atoms with Crippen molar-refractivity contribution in [3.05, 3.63) is 111 Å². The van der Waals surface area contributed by atoms with Gasteiger partial charge in [-0.25, -0.2) is 4.39 Å². The van der Waals surface area contributed by atoms with Gasteiger partial charge in [0.25, 0.3) is 5.91 Å². The number of carbonyl (C=O) groups excluding carboxylic acids is 1. The lowest BCUT2D eigenvalue weighted by Crippen LogP contribution is -2.29. The molecule has 2 heterocycles. The monoisotopic (exact) mass is 415 g/mol. The molecule has 6 heteroatoms. The van der Waals surface area contributed by atoms with Crippen molar-refractivity contribution in [3.63, 3.8) is 0 Å². The van der Waals surface area contributed by atoms with Gasteiger partial charge in [0.1, 0.15) is 17.1 Å². The van der Waals surface area contributed by atoms with E-state index in [-0.39, 0.29) is 34.9 Å². The Bertz CT molecular complexity index is 1370. The van der Waals surface area contributed by atoms with Gasteiger partial charge in [-0.1, -0.05) is 35.9 Å². The Morgan fingerprint density at radius 1 is 1.00 bits per heavy atom. The van der Waals surface area contributed by atoms with Crippen LogP contribution in [0.1, 0.15) is 38.9 Å². The van der Waals surface area contributed by atoms with E-state index in [9.17, 15) is 19.1 Å². The predicted molar refractivity (Wildman–Crippen MR) is 113 cm³/mol. The van der Waals surface area contributed by atoms with Crippen molar-refractivity contribution in [2.45, 2.75) is 19.5 Å². The highest BCUT2D eigenvalue weighted by Gasteiger charge is 2.42. The molecule has 0 fully saturated rings. The Labute approximate surface area is 177 Å². The number of aromatic hydroxyl groups is 1. The summed E-state index contributed by atoms with van der Waals surface area (Å²) in [6, 6.07) is 16.8. The second-order valence-electron chi connectivity index (χ2n) is 7.73. The molecule has 31 heavy (non-hydrogen) atoms. The van der Waals surface area contributed by atoms with Gasteiger partial charge in [-0.15, -0.1) is 0 Å². The summed E-state index contributed by atoms with van der Waals surface area (Å²) in [5, 5.41) is 10.1. The van der Waals surface area contributed by atoms with E-state index in [1.54, 1.807) is 41.3 Å². The van der Waals surface area contributed by atoms with Crippen LogP contribution in [0, 0.1) is 12.7 Å². The number of rotatable bonds is 3. The molecule has 1 aromatic heterocycles. The lowest BCUT2D eigenvalue weighted by atomic mass is 9.98. The van der Waals surface area contributed by atoms with Gasteiger partial charge in [0.15, 0.2) is 5.43 Å². The first-order valence-corrected chi connectivity index (χ1v) is 9.84. The van der Waals surface area contributed by atoms with Crippen molar-refractivity contribution in [2.24, 2.45) is 0 Å². The molecule has 1 N–H and O–H groups in total. The molecule has 3 aromatic carbocycles. The third-order valence-electron chi connectivity index (χ3n) is 5.60. The fourth-order valence-corrected chi connectivity index (χ4v) is 4.09. The Hall–Kier alpha value is -3.93. The van der Waals surface area contributed by atoms with Crippen LogP contribution < -0.4 is 5.43 Å². The van der Waals surface area contributed by atoms with Crippen LogP contribution in [0.3, 0.4) is 0 Å². The third kappa shape index (κ3) is 3.17. The van der Waals surface area contributed by atoms with Crippen LogP contribution in [0.15, 0.2) is 75.9 Å². The van der Waals surface area contributed by atoms with Crippen LogP contribution in [0.5, 0.6) is 5.75 Å². The van der Waals surface area contributed by atoms with Crippen LogP contribution in [-0.4, -0.2) is 15.9 Å². The Kier molecular flexibility index (Phi) is 4.36. The van der Waals surface area contributed by atoms with Gasteiger partial charge in [0, 0.05) is 6.54 Å². The number of nitrogens with zero attached hydrogens (tertiary/aromatic N) is 1. The molecule has 1 aliphatic heterocycles. The van der Waals surface area contributed by atoms with E-state index >= 15 is 0 Å². The van der Waals surface area contributed by atoms with Gasteiger partial charge in [-0.05, 0) is 54.4 Å². The SMILES string of the molecule is Cc1ccc2oc3c(c(=O)c2c1)C(c1ccc(O)cc1)N(Cc1ccc(F)cc1)C3=O. The van der Waals surface area contributed by atoms with Crippen molar-refractivity contribution in [3.8, 4) is 5.75 Å². The van der Waals surface area contributed by atoms with E-state index in [0.717, 1.165) is 11.1 Å². The molecule has 1 amide bonds. The number of benzene rings is 3. The Morgan fingerprint density at radius 3 is 2.42 bits per heavy atom. The van der Waals surface area contributed by atoms with Crippen molar-refractivity contribution < 1.29 is 18.7 Å². The number of aryl methyl sites for hydroxylation is 1. The molecule has 154 valence electrons. The van der Waals surface area contributed by atoms with E-state index in [1.165, 1.54) is 24.3 Å². The molecule has 1 unspecified atom stereocenters. The number of phenols is 1. The summed E-state index contributed by atoms with van der Waals surface area (Å²) < 4.78 is 19.3. The normalized spacial score (nSPS) is 15.5. The van der Waals surface area contributed by atoms with Crippen LogP contribution in [0.2, 0.25) is 0 Å². The Morgan fingerprint density at radius 2 is 1.71 bits per heavy atom. The van der Waals surface area contributed by atoms with E-state index in [1.807, 2.05) is 13.0 Å². The average Bonchev–Trinajstić information content (AvgIpc) is 3.03. The number of amides is 1. The number of halogens is 1. The summed E-state index contributed by atoms with van der Waals surface area (Å²) in [6.45, 7) is 2.05. The van der Waals surface area contributed by atoms with Crippen molar-refractivity contribution in [2.75, 3.05) is 0 Å².